The van der Waals surface area contributed by atoms with Crippen LogP contribution in [0.5, 0.6) is 5.75 Å². The summed E-state index contributed by atoms with van der Waals surface area (Å²) in [6.07, 6.45) is 1.46. The molecule has 3 heterocycles. The van der Waals surface area contributed by atoms with Crippen molar-refractivity contribution < 1.29 is 9.84 Å². The maximum Gasteiger partial charge on any atom is 0.164 e. The van der Waals surface area contributed by atoms with Crippen molar-refractivity contribution in [3.05, 3.63) is 39.8 Å². The molecule has 3 aromatic rings. The summed E-state index contributed by atoms with van der Waals surface area (Å²) in [5.41, 5.74) is 10.6. The predicted octanol–water partition coefficient (Wildman–Crippen LogP) is 3.08. The molecule has 2 atom stereocenters. The Morgan fingerprint density at radius 3 is 2.65 bits per heavy atom. The molecule has 9 heteroatoms. The fourth-order valence-corrected chi connectivity index (χ4v) is 4.76. The van der Waals surface area contributed by atoms with Crippen LogP contribution in [0, 0.1) is 13.8 Å². The molecule has 0 radical (unpaired) electrons. The first-order chi connectivity index (χ1) is 14.8. The van der Waals surface area contributed by atoms with E-state index in [-0.39, 0.29) is 18.7 Å². The number of nitrogen functional groups attached to an aromatic ring is 1. The average Bonchev–Trinajstić information content (AvgIpc) is 3.06. The number of hydrogen-bond acceptors (Lipinski definition) is 7. The van der Waals surface area contributed by atoms with Crippen LogP contribution in [0.15, 0.2) is 12.4 Å². The van der Waals surface area contributed by atoms with E-state index in [9.17, 15) is 5.11 Å². The van der Waals surface area contributed by atoms with Crippen LogP contribution in [-0.2, 0) is 0 Å². The van der Waals surface area contributed by atoms with Gasteiger partial charge >= 0.3 is 0 Å². The Kier molecular flexibility index (Phi) is 5.81. The molecule has 0 amide bonds. The Bertz CT molecular complexity index is 1130. The highest BCUT2D eigenvalue weighted by atomic mass is 35.5. The van der Waals surface area contributed by atoms with Gasteiger partial charge in [-0.05, 0) is 39.3 Å². The highest BCUT2D eigenvalue weighted by Gasteiger charge is 2.36. The molecule has 166 valence electrons. The first-order valence-electron chi connectivity index (χ1n) is 10.5. The normalized spacial score (nSPS) is 17.0. The molecular formula is C22H29ClN6O2. The van der Waals surface area contributed by atoms with Crippen molar-refractivity contribution >= 4 is 28.5 Å². The molecule has 1 saturated heterocycles. The number of anilines is 1. The number of aliphatic hydroxyl groups is 1. The minimum Gasteiger partial charge on any atom is -0.496 e. The van der Waals surface area contributed by atoms with Crippen molar-refractivity contribution in [3.8, 4) is 5.75 Å². The van der Waals surface area contributed by atoms with Gasteiger partial charge in [0, 0.05) is 41.2 Å². The predicted molar refractivity (Wildman–Crippen MR) is 122 cm³/mol. The second-order valence-corrected chi connectivity index (χ2v) is 8.77. The van der Waals surface area contributed by atoms with E-state index in [0.29, 0.717) is 22.4 Å². The summed E-state index contributed by atoms with van der Waals surface area (Å²) in [5.74, 6) is 1.55. The summed E-state index contributed by atoms with van der Waals surface area (Å²) < 4.78 is 7.81. The minimum atomic E-state index is -0.176. The van der Waals surface area contributed by atoms with Gasteiger partial charge in [0.15, 0.2) is 5.65 Å². The number of nitrogens with zero attached hydrogens (tertiary/aromatic N) is 5. The minimum absolute atomic E-state index is 0.142. The molecule has 4 rings (SSSR count). The first-order valence-corrected chi connectivity index (χ1v) is 10.8. The number of nitrogens with two attached hydrogens (primary N) is 1. The quantitative estimate of drug-likeness (QED) is 0.602. The first kappa shape index (κ1) is 21.8. The van der Waals surface area contributed by atoms with Crippen molar-refractivity contribution in [2.75, 3.05) is 32.5 Å². The molecule has 0 aliphatic carbocycles. The zero-order valence-corrected chi connectivity index (χ0v) is 19.3. The summed E-state index contributed by atoms with van der Waals surface area (Å²) in [6.45, 7) is 9.90. The van der Waals surface area contributed by atoms with Crippen LogP contribution >= 0.6 is 11.6 Å². The van der Waals surface area contributed by atoms with Gasteiger partial charge in [0.25, 0.3) is 0 Å². The molecule has 3 N–H and O–H groups in total. The van der Waals surface area contributed by atoms with Gasteiger partial charge in [0.05, 0.1) is 30.8 Å². The van der Waals surface area contributed by atoms with Crippen LogP contribution in [0.2, 0.25) is 5.02 Å². The third-order valence-electron chi connectivity index (χ3n) is 6.47. The number of halogens is 1. The molecule has 0 saturated carbocycles. The monoisotopic (exact) mass is 444 g/mol. The summed E-state index contributed by atoms with van der Waals surface area (Å²) in [7, 11) is 1.70. The van der Waals surface area contributed by atoms with Crippen LogP contribution in [0.3, 0.4) is 0 Å². The molecule has 1 unspecified atom stereocenters. The smallest absolute Gasteiger partial charge is 0.164 e. The van der Waals surface area contributed by atoms with Gasteiger partial charge < -0.3 is 15.6 Å². The van der Waals surface area contributed by atoms with Crippen LogP contribution in [0.1, 0.15) is 48.2 Å². The molecule has 1 aromatic carbocycles. The molecular weight excluding hydrogens is 416 g/mol. The van der Waals surface area contributed by atoms with E-state index in [0.717, 1.165) is 46.6 Å². The van der Waals surface area contributed by atoms with Gasteiger partial charge in [-0.3, -0.25) is 4.90 Å². The summed E-state index contributed by atoms with van der Waals surface area (Å²) >= 11 is 6.70. The fourth-order valence-electron chi connectivity index (χ4n) is 4.54. The van der Waals surface area contributed by atoms with Crippen molar-refractivity contribution in [1.82, 2.24) is 24.6 Å². The van der Waals surface area contributed by atoms with Gasteiger partial charge in [-0.25, -0.2) is 14.6 Å². The maximum atomic E-state index is 9.46. The van der Waals surface area contributed by atoms with E-state index in [1.54, 1.807) is 7.11 Å². The number of benzene rings is 1. The Hall–Kier alpha value is -2.42. The lowest BCUT2D eigenvalue weighted by Gasteiger charge is -2.44. The van der Waals surface area contributed by atoms with Gasteiger partial charge in [-0.2, -0.15) is 5.10 Å². The van der Waals surface area contributed by atoms with Crippen molar-refractivity contribution in [3.63, 3.8) is 0 Å². The molecule has 31 heavy (non-hydrogen) atoms. The molecule has 2 aromatic heterocycles. The molecule has 0 bridgehead atoms. The van der Waals surface area contributed by atoms with Crippen LogP contribution in [0.4, 0.5) is 5.82 Å². The Morgan fingerprint density at radius 1 is 1.29 bits per heavy atom. The third kappa shape index (κ3) is 3.52. The van der Waals surface area contributed by atoms with E-state index in [1.165, 1.54) is 6.33 Å². The van der Waals surface area contributed by atoms with Gasteiger partial charge in [0.1, 0.15) is 17.9 Å². The van der Waals surface area contributed by atoms with Crippen LogP contribution < -0.4 is 10.5 Å². The van der Waals surface area contributed by atoms with Crippen LogP contribution in [-0.4, -0.2) is 62.6 Å². The molecule has 1 aliphatic rings. The number of likely N-dealkylation sites (tertiary alicyclic amines) is 1. The number of aryl methyl sites for hydroxylation is 1. The number of hydrogen-bond donors (Lipinski definition) is 2. The molecule has 8 nitrogen and oxygen atoms in total. The number of rotatable bonds is 6. The van der Waals surface area contributed by atoms with Gasteiger partial charge in [0.2, 0.25) is 0 Å². The number of aliphatic hydroxyl groups excluding tert-OH is 1. The largest absolute Gasteiger partial charge is 0.496 e. The van der Waals surface area contributed by atoms with E-state index in [2.05, 4.69) is 21.8 Å². The third-order valence-corrected chi connectivity index (χ3v) is 6.86. The van der Waals surface area contributed by atoms with Crippen molar-refractivity contribution in [2.45, 2.75) is 45.7 Å². The number of fused-ring (bicyclic) bond motifs is 1. The molecule has 0 spiro atoms. The highest BCUT2D eigenvalue weighted by molar-refractivity contribution is 6.31. The van der Waals surface area contributed by atoms with Crippen molar-refractivity contribution in [1.29, 1.82) is 0 Å². The number of aromatic nitrogens is 4. The number of ether oxygens (including phenoxy) is 1. The Balaban J connectivity index is 1.80. The van der Waals surface area contributed by atoms with Crippen LogP contribution in [0.25, 0.3) is 11.0 Å². The Morgan fingerprint density at radius 2 is 2.00 bits per heavy atom. The van der Waals surface area contributed by atoms with E-state index < -0.39 is 0 Å². The maximum absolute atomic E-state index is 9.46. The fraction of sp³-hybridized carbons (Fsp3) is 0.500. The summed E-state index contributed by atoms with van der Waals surface area (Å²) in [5, 5.41) is 15.6. The summed E-state index contributed by atoms with van der Waals surface area (Å²) in [6, 6.07) is 1.93. The van der Waals surface area contributed by atoms with Gasteiger partial charge in [-0.1, -0.05) is 11.6 Å². The Labute approximate surface area is 187 Å². The van der Waals surface area contributed by atoms with Crippen molar-refractivity contribution in [2.24, 2.45) is 0 Å². The zero-order valence-electron chi connectivity index (χ0n) is 18.6. The topological polar surface area (TPSA) is 102 Å². The number of methoxy groups -OCH3 is 1. The lowest BCUT2D eigenvalue weighted by Crippen LogP contribution is -2.51. The molecule has 1 aliphatic heterocycles. The zero-order chi connectivity index (χ0) is 22.4. The van der Waals surface area contributed by atoms with E-state index in [4.69, 9.17) is 27.2 Å². The second kappa shape index (κ2) is 8.26. The highest BCUT2D eigenvalue weighted by Crippen LogP contribution is 2.44. The SMILES string of the molecule is COc1c(C(C)n2nc(C)c3c(N)ncnc32)cc(Cl)c(C)c1C1CN([C@H](C)CO)C1. The average molecular weight is 445 g/mol. The second-order valence-electron chi connectivity index (χ2n) is 8.37. The summed E-state index contributed by atoms with van der Waals surface area (Å²) in [4.78, 5) is 10.8. The lowest BCUT2D eigenvalue weighted by molar-refractivity contribution is 0.0619. The van der Waals surface area contributed by atoms with E-state index >= 15 is 0 Å². The standard InChI is InChI=1S/C22H29ClN6O2/c1-11(9-30)28-7-15(8-28)18-12(2)17(23)6-16(20(18)31-5)14(4)29-22-19(13(3)27-29)21(24)25-10-26-22/h6,10-11,14-15,30H,7-9H2,1-5H3,(H2,24,25,26)/t11-,14?/m1/s1. The lowest BCUT2D eigenvalue weighted by atomic mass is 9.84. The molecule has 1 fully saturated rings. The van der Waals surface area contributed by atoms with Gasteiger partial charge in [-0.15, -0.1) is 0 Å². The van der Waals surface area contributed by atoms with E-state index in [1.807, 2.05) is 31.5 Å².